The molecule has 1 saturated heterocycles. The topological polar surface area (TPSA) is 91.6 Å². The van der Waals surface area contributed by atoms with Crippen LogP contribution in [0.1, 0.15) is 12.8 Å². The number of nitrogens with zero attached hydrogens (tertiary/aromatic N) is 5. The minimum atomic E-state index is 0.195. The number of ether oxygens (including phenoxy) is 1. The summed E-state index contributed by atoms with van der Waals surface area (Å²) >= 11 is 0. The molecule has 0 aliphatic carbocycles. The monoisotopic (exact) mass is 378 g/mol. The first-order valence-electron chi connectivity index (χ1n) is 9.40. The maximum atomic E-state index is 6.24. The first-order chi connectivity index (χ1) is 13.8. The Balaban J connectivity index is 1.48. The molecule has 0 saturated carbocycles. The van der Waals surface area contributed by atoms with E-state index in [0.717, 1.165) is 53.8 Å². The van der Waals surface area contributed by atoms with Gasteiger partial charge >= 0.3 is 0 Å². The van der Waals surface area contributed by atoms with Gasteiger partial charge in [0.05, 0.1) is 5.69 Å². The van der Waals surface area contributed by atoms with Crippen LogP contribution < -0.4 is 26.1 Å². The van der Waals surface area contributed by atoms with Crippen molar-refractivity contribution in [1.29, 1.82) is 0 Å². The van der Waals surface area contributed by atoms with E-state index in [-0.39, 0.29) is 6.10 Å². The minimum absolute atomic E-state index is 0.195. The fraction of sp³-hybridized carbons (Fsp3) is 0.316. The molecule has 0 atom stereocenters. The van der Waals surface area contributed by atoms with Crippen molar-refractivity contribution in [3.05, 3.63) is 36.8 Å². The number of anilines is 1. The number of fused-ring (bicyclic) bond motifs is 1. The zero-order valence-corrected chi connectivity index (χ0v) is 15.6. The number of aryl methyl sites for hydroxylation is 1. The van der Waals surface area contributed by atoms with Gasteiger partial charge in [-0.15, -0.1) is 5.53 Å². The van der Waals surface area contributed by atoms with Crippen LogP contribution in [0.2, 0.25) is 0 Å². The maximum absolute atomic E-state index is 6.24. The fourth-order valence-electron chi connectivity index (χ4n) is 3.70. The number of nitrogens with one attached hydrogen (secondary N) is 3. The lowest BCUT2D eigenvalue weighted by molar-refractivity contribution is 0.157. The molecule has 3 N–H and O–H groups in total. The SMILES string of the molecule is Cn1cc(-c2ccc(N3C=NNN3)cc2)c2ncnc(OC3CCNCC3)c21. The van der Waals surface area contributed by atoms with Crippen molar-refractivity contribution in [2.45, 2.75) is 18.9 Å². The Kier molecular flexibility index (Phi) is 4.30. The van der Waals surface area contributed by atoms with Crippen molar-refractivity contribution in [2.75, 3.05) is 18.1 Å². The van der Waals surface area contributed by atoms with Crippen LogP contribution >= 0.6 is 0 Å². The molecule has 3 aromatic rings. The van der Waals surface area contributed by atoms with Crippen LogP contribution in [0.3, 0.4) is 0 Å². The number of hydrazine groups is 2. The van der Waals surface area contributed by atoms with Crippen LogP contribution in [-0.2, 0) is 7.05 Å². The number of hydrogen-bond acceptors (Lipinski definition) is 8. The molecule has 2 aliphatic rings. The number of hydrogen-bond donors (Lipinski definition) is 3. The van der Waals surface area contributed by atoms with E-state index in [4.69, 9.17) is 4.74 Å². The first-order valence-corrected chi connectivity index (χ1v) is 9.40. The van der Waals surface area contributed by atoms with E-state index < -0.39 is 0 Å². The van der Waals surface area contributed by atoms with Gasteiger partial charge < -0.3 is 14.6 Å². The van der Waals surface area contributed by atoms with Gasteiger partial charge in [-0.3, -0.25) is 0 Å². The molecule has 9 heteroatoms. The van der Waals surface area contributed by atoms with Crippen LogP contribution in [0, 0.1) is 0 Å². The zero-order valence-electron chi connectivity index (χ0n) is 15.6. The lowest BCUT2D eigenvalue weighted by Crippen LogP contribution is -2.37. The van der Waals surface area contributed by atoms with Crippen LogP contribution in [0.15, 0.2) is 41.9 Å². The average molecular weight is 378 g/mol. The van der Waals surface area contributed by atoms with E-state index in [1.54, 1.807) is 17.7 Å². The number of hydrazone groups is 1. The Hall–Kier alpha value is -3.17. The van der Waals surface area contributed by atoms with Crippen molar-refractivity contribution in [3.8, 4) is 17.0 Å². The molecule has 5 rings (SSSR count). The molecule has 1 aromatic carbocycles. The molecular weight excluding hydrogens is 356 g/mol. The lowest BCUT2D eigenvalue weighted by Gasteiger charge is -2.23. The van der Waals surface area contributed by atoms with Crippen molar-refractivity contribution in [2.24, 2.45) is 12.1 Å². The Morgan fingerprint density at radius 3 is 2.68 bits per heavy atom. The summed E-state index contributed by atoms with van der Waals surface area (Å²) in [5.74, 6) is 0.658. The van der Waals surface area contributed by atoms with Gasteiger partial charge in [-0.1, -0.05) is 12.1 Å². The van der Waals surface area contributed by atoms with E-state index in [9.17, 15) is 0 Å². The summed E-state index contributed by atoms with van der Waals surface area (Å²) in [5, 5.41) is 9.09. The second kappa shape index (κ2) is 7.10. The molecule has 2 aliphatic heterocycles. The average Bonchev–Trinajstić information content (AvgIpc) is 3.38. The Bertz CT molecular complexity index is 1010. The standard InChI is InChI=1S/C19H22N8O/c1-26-10-16(13-2-4-14(5-3-13)27-12-23-24-25-27)17-18(26)19(22-11-21-17)28-15-6-8-20-9-7-15/h2-5,10-12,15,20,24-25H,6-9H2,1H3. The molecule has 0 unspecified atom stereocenters. The molecule has 0 bridgehead atoms. The predicted octanol–water partition coefficient (Wildman–Crippen LogP) is 1.54. The number of aromatic nitrogens is 3. The van der Waals surface area contributed by atoms with Crippen LogP contribution in [-0.4, -0.2) is 40.1 Å². The Morgan fingerprint density at radius 2 is 1.93 bits per heavy atom. The quantitative estimate of drug-likeness (QED) is 0.634. The second-order valence-corrected chi connectivity index (χ2v) is 6.98. The fourth-order valence-corrected chi connectivity index (χ4v) is 3.70. The summed E-state index contributed by atoms with van der Waals surface area (Å²) in [7, 11) is 2.01. The first kappa shape index (κ1) is 17.0. The maximum Gasteiger partial charge on any atom is 0.242 e. The van der Waals surface area contributed by atoms with Gasteiger partial charge in [0.25, 0.3) is 0 Å². The third-order valence-corrected chi connectivity index (χ3v) is 5.15. The van der Waals surface area contributed by atoms with Crippen molar-refractivity contribution in [3.63, 3.8) is 0 Å². The Labute approximate surface area is 162 Å². The summed E-state index contributed by atoms with van der Waals surface area (Å²) in [6.45, 7) is 1.96. The van der Waals surface area contributed by atoms with E-state index in [1.807, 2.05) is 23.7 Å². The van der Waals surface area contributed by atoms with E-state index in [1.165, 1.54) is 0 Å². The molecule has 1 fully saturated rings. The van der Waals surface area contributed by atoms with E-state index in [2.05, 4.69) is 49.8 Å². The van der Waals surface area contributed by atoms with Crippen LogP contribution in [0.25, 0.3) is 22.2 Å². The normalized spacial score (nSPS) is 17.2. The lowest BCUT2D eigenvalue weighted by atomic mass is 10.1. The van der Waals surface area contributed by atoms with Crippen molar-refractivity contribution in [1.82, 2.24) is 30.9 Å². The third-order valence-electron chi connectivity index (χ3n) is 5.15. The molecule has 2 aromatic heterocycles. The number of benzene rings is 1. The van der Waals surface area contributed by atoms with E-state index in [0.29, 0.717) is 5.88 Å². The summed E-state index contributed by atoms with van der Waals surface area (Å²) < 4.78 is 8.29. The second-order valence-electron chi connectivity index (χ2n) is 6.98. The molecule has 144 valence electrons. The smallest absolute Gasteiger partial charge is 0.242 e. The molecule has 9 nitrogen and oxygen atoms in total. The summed E-state index contributed by atoms with van der Waals surface area (Å²) in [5.41, 5.74) is 10.6. The van der Waals surface area contributed by atoms with Gasteiger partial charge in [0, 0.05) is 18.8 Å². The van der Waals surface area contributed by atoms with Crippen LogP contribution in [0.4, 0.5) is 5.69 Å². The van der Waals surface area contributed by atoms with Crippen molar-refractivity contribution >= 4 is 23.1 Å². The largest absolute Gasteiger partial charge is 0.473 e. The highest BCUT2D eigenvalue weighted by Crippen LogP contribution is 2.34. The molecule has 0 spiro atoms. The van der Waals surface area contributed by atoms with Gasteiger partial charge in [0.1, 0.15) is 29.8 Å². The van der Waals surface area contributed by atoms with E-state index >= 15 is 0 Å². The molecular formula is C19H22N8O. The van der Waals surface area contributed by atoms with Gasteiger partial charge in [-0.05, 0) is 43.6 Å². The highest BCUT2D eigenvalue weighted by Gasteiger charge is 2.20. The Morgan fingerprint density at radius 1 is 1.11 bits per heavy atom. The summed E-state index contributed by atoms with van der Waals surface area (Å²) in [6.07, 6.45) is 7.54. The van der Waals surface area contributed by atoms with Gasteiger partial charge in [-0.2, -0.15) is 10.1 Å². The summed E-state index contributed by atoms with van der Waals surface area (Å²) in [6, 6.07) is 8.22. The molecule has 28 heavy (non-hydrogen) atoms. The van der Waals surface area contributed by atoms with Gasteiger partial charge in [0.2, 0.25) is 5.88 Å². The highest BCUT2D eigenvalue weighted by atomic mass is 16.5. The molecule has 0 amide bonds. The number of piperidine rings is 1. The molecule has 4 heterocycles. The molecule has 0 radical (unpaired) electrons. The van der Waals surface area contributed by atoms with Crippen LogP contribution in [0.5, 0.6) is 5.88 Å². The highest BCUT2D eigenvalue weighted by molar-refractivity contribution is 5.95. The van der Waals surface area contributed by atoms with Gasteiger partial charge in [0.15, 0.2) is 0 Å². The minimum Gasteiger partial charge on any atom is -0.473 e. The summed E-state index contributed by atoms with van der Waals surface area (Å²) in [4.78, 5) is 8.98. The van der Waals surface area contributed by atoms with Crippen molar-refractivity contribution < 1.29 is 4.74 Å². The van der Waals surface area contributed by atoms with Gasteiger partial charge in [-0.25, -0.2) is 15.5 Å². The number of rotatable bonds is 4. The predicted molar refractivity (Wildman–Crippen MR) is 108 cm³/mol. The third kappa shape index (κ3) is 3.04. The zero-order chi connectivity index (χ0) is 18.9.